The van der Waals surface area contributed by atoms with E-state index >= 15 is 0 Å². The minimum absolute atomic E-state index is 0.0466. The number of halogens is 2. The zero-order valence-corrected chi connectivity index (χ0v) is 9.50. The van der Waals surface area contributed by atoms with Crippen molar-refractivity contribution in [2.24, 2.45) is 0 Å². The Morgan fingerprint density at radius 1 is 1.18 bits per heavy atom. The van der Waals surface area contributed by atoms with Crippen molar-refractivity contribution < 1.29 is 13.3 Å². The highest BCUT2D eigenvalue weighted by Gasteiger charge is 2.16. The molecule has 3 nitrogen and oxygen atoms in total. The molecule has 0 radical (unpaired) electrons. The van der Waals surface area contributed by atoms with Crippen LogP contribution in [-0.4, -0.2) is 5.16 Å². The summed E-state index contributed by atoms with van der Waals surface area (Å²) in [6.07, 6.45) is 0. The van der Waals surface area contributed by atoms with Crippen molar-refractivity contribution in [1.29, 1.82) is 0 Å². The summed E-state index contributed by atoms with van der Waals surface area (Å²) in [5, 5.41) is 3.47. The van der Waals surface area contributed by atoms with E-state index in [0.29, 0.717) is 5.56 Å². The number of benzene rings is 1. The summed E-state index contributed by atoms with van der Waals surface area (Å²) < 4.78 is 32.0. The van der Waals surface area contributed by atoms with Crippen LogP contribution in [0.2, 0.25) is 0 Å². The molecule has 0 saturated carbocycles. The molecule has 0 aliphatic heterocycles. The number of aromatic nitrogens is 1. The summed E-state index contributed by atoms with van der Waals surface area (Å²) >= 11 is 0. The molecule has 0 atom stereocenters. The van der Waals surface area contributed by atoms with Crippen LogP contribution in [0.25, 0.3) is 11.3 Å². The maximum Gasteiger partial charge on any atom is 0.172 e. The molecule has 0 fully saturated rings. The molecule has 17 heavy (non-hydrogen) atoms. The van der Waals surface area contributed by atoms with Gasteiger partial charge < -0.3 is 10.3 Å². The molecule has 2 aromatic rings. The molecule has 1 aromatic heterocycles. The molecule has 1 aromatic carbocycles. The smallest absolute Gasteiger partial charge is 0.172 e. The maximum atomic E-state index is 13.6. The van der Waals surface area contributed by atoms with Gasteiger partial charge in [-0.1, -0.05) is 19.0 Å². The van der Waals surface area contributed by atoms with E-state index in [9.17, 15) is 8.78 Å². The van der Waals surface area contributed by atoms with Crippen molar-refractivity contribution in [1.82, 2.24) is 5.16 Å². The summed E-state index contributed by atoms with van der Waals surface area (Å²) in [4.78, 5) is 0. The van der Waals surface area contributed by atoms with Crippen molar-refractivity contribution in [3.05, 3.63) is 35.4 Å². The van der Waals surface area contributed by atoms with E-state index in [1.54, 1.807) is 0 Å². The quantitative estimate of drug-likeness (QED) is 0.873. The van der Waals surface area contributed by atoms with Crippen LogP contribution in [0.3, 0.4) is 0 Å². The van der Waals surface area contributed by atoms with Gasteiger partial charge >= 0.3 is 0 Å². The van der Waals surface area contributed by atoms with Gasteiger partial charge in [0.05, 0.1) is 5.56 Å². The normalized spacial score (nSPS) is 11.1. The molecular formula is C12H12F2N2O. The highest BCUT2D eigenvalue weighted by Crippen LogP contribution is 2.29. The number of nitrogens with zero attached hydrogens (tertiary/aromatic N) is 1. The van der Waals surface area contributed by atoms with Crippen LogP contribution >= 0.6 is 0 Å². The molecule has 1 heterocycles. The molecule has 0 amide bonds. The van der Waals surface area contributed by atoms with Crippen LogP contribution in [0.15, 0.2) is 22.7 Å². The molecule has 0 saturated heterocycles. The number of hydrogen-bond donors (Lipinski definition) is 1. The van der Waals surface area contributed by atoms with Crippen molar-refractivity contribution in [2.75, 3.05) is 5.73 Å². The van der Waals surface area contributed by atoms with Gasteiger partial charge in [-0.3, -0.25) is 0 Å². The average Bonchev–Trinajstić information content (AvgIpc) is 2.64. The Bertz CT molecular complexity index is 549. The average molecular weight is 238 g/mol. The second-order valence-electron chi connectivity index (χ2n) is 4.12. The minimum atomic E-state index is -0.692. The summed E-state index contributed by atoms with van der Waals surface area (Å²) in [5.74, 6) is -0.942. The summed E-state index contributed by atoms with van der Waals surface area (Å²) in [7, 11) is 0. The monoisotopic (exact) mass is 238 g/mol. The lowest BCUT2D eigenvalue weighted by Crippen LogP contribution is -1.96. The number of rotatable bonds is 2. The maximum absolute atomic E-state index is 13.6. The Kier molecular flexibility index (Phi) is 2.83. The summed E-state index contributed by atoms with van der Waals surface area (Å²) in [6.45, 7) is 3.66. The fraction of sp³-hybridized carbons (Fsp3) is 0.250. The zero-order valence-electron chi connectivity index (χ0n) is 9.50. The first-order valence-electron chi connectivity index (χ1n) is 5.20. The van der Waals surface area contributed by atoms with Gasteiger partial charge in [0.15, 0.2) is 11.6 Å². The molecule has 0 aliphatic carbocycles. The molecule has 90 valence electrons. The summed E-state index contributed by atoms with van der Waals surface area (Å²) in [6, 6.07) is 3.68. The molecule has 2 N–H and O–H groups in total. The van der Waals surface area contributed by atoms with Gasteiger partial charge in [-0.25, -0.2) is 8.78 Å². The first kappa shape index (κ1) is 11.6. The number of hydrogen-bond acceptors (Lipinski definition) is 3. The molecule has 0 unspecified atom stereocenters. The van der Waals surface area contributed by atoms with Crippen LogP contribution in [-0.2, 0) is 0 Å². The number of nitrogen functional groups attached to an aromatic ring is 1. The predicted octanol–water partition coefficient (Wildman–Crippen LogP) is 3.33. The fourth-order valence-corrected chi connectivity index (χ4v) is 1.61. The zero-order chi connectivity index (χ0) is 12.6. The molecular weight excluding hydrogens is 226 g/mol. The lowest BCUT2D eigenvalue weighted by molar-refractivity contribution is 0.432. The van der Waals surface area contributed by atoms with Crippen molar-refractivity contribution in [3.8, 4) is 11.3 Å². The van der Waals surface area contributed by atoms with Crippen LogP contribution in [0, 0.1) is 11.6 Å². The first-order chi connectivity index (χ1) is 7.99. The Balaban J connectivity index is 2.58. The summed E-state index contributed by atoms with van der Waals surface area (Å²) in [5.41, 5.74) is 5.99. The third-order valence-electron chi connectivity index (χ3n) is 2.50. The van der Waals surface area contributed by atoms with Gasteiger partial charge in [-0.15, -0.1) is 0 Å². The topological polar surface area (TPSA) is 52.0 Å². The van der Waals surface area contributed by atoms with E-state index < -0.39 is 11.6 Å². The SMILES string of the molecule is CC(C)c1cc(-c2cc(N)no2)c(F)cc1F. The molecule has 0 spiro atoms. The van der Waals surface area contributed by atoms with Gasteiger partial charge in [-0.2, -0.15) is 0 Å². The van der Waals surface area contributed by atoms with Gasteiger partial charge in [0, 0.05) is 12.1 Å². The van der Waals surface area contributed by atoms with E-state index in [2.05, 4.69) is 5.16 Å². The largest absolute Gasteiger partial charge is 0.381 e. The fourth-order valence-electron chi connectivity index (χ4n) is 1.61. The van der Waals surface area contributed by atoms with E-state index in [1.165, 1.54) is 12.1 Å². The van der Waals surface area contributed by atoms with E-state index in [1.807, 2.05) is 13.8 Å². The first-order valence-corrected chi connectivity index (χ1v) is 5.20. The molecule has 0 aliphatic rings. The molecule has 0 bridgehead atoms. The Morgan fingerprint density at radius 2 is 1.88 bits per heavy atom. The standard InChI is InChI=1S/C12H12F2N2O/c1-6(2)7-3-8(10(14)4-9(7)13)11-5-12(15)16-17-11/h3-6H,1-2H3,(H2,15,16). The van der Waals surface area contributed by atoms with E-state index in [4.69, 9.17) is 10.3 Å². The second kappa shape index (κ2) is 4.16. The van der Waals surface area contributed by atoms with Crippen LogP contribution in [0.5, 0.6) is 0 Å². The second-order valence-corrected chi connectivity index (χ2v) is 4.12. The third-order valence-corrected chi connectivity index (χ3v) is 2.50. The van der Waals surface area contributed by atoms with E-state index in [-0.39, 0.29) is 23.1 Å². The highest BCUT2D eigenvalue weighted by atomic mass is 19.1. The van der Waals surface area contributed by atoms with Gasteiger partial charge in [0.1, 0.15) is 11.6 Å². The predicted molar refractivity (Wildman–Crippen MR) is 60.4 cm³/mol. The number of anilines is 1. The lowest BCUT2D eigenvalue weighted by atomic mass is 9.99. The van der Waals surface area contributed by atoms with Crippen molar-refractivity contribution >= 4 is 5.82 Å². The third kappa shape index (κ3) is 2.13. The van der Waals surface area contributed by atoms with Crippen molar-refractivity contribution in [3.63, 3.8) is 0 Å². The Labute approximate surface area is 97.2 Å². The van der Waals surface area contributed by atoms with Gasteiger partial charge in [-0.05, 0) is 17.5 Å². The van der Waals surface area contributed by atoms with Gasteiger partial charge in [0.2, 0.25) is 0 Å². The lowest BCUT2D eigenvalue weighted by Gasteiger charge is -2.09. The van der Waals surface area contributed by atoms with Gasteiger partial charge in [0.25, 0.3) is 0 Å². The van der Waals surface area contributed by atoms with Crippen LogP contribution in [0.1, 0.15) is 25.3 Å². The Morgan fingerprint density at radius 3 is 2.41 bits per heavy atom. The van der Waals surface area contributed by atoms with Crippen molar-refractivity contribution in [2.45, 2.75) is 19.8 Å². The molecule has 5 heteroatoms. The van der Waals surface area contributed by atoms with E-state index in [0.717, 1.165) is 6.07 Å². The molecule has 2 rings (SSSR count). The Hall–Kier alpha value is -1.91. The minimum Gasteiger partial charge on any atom is -0.381 e. The number of nitrogens with two attached hydrogens (primary N) is 1. The van der Waals surface area contributed by atoms with Crippen LogP contribution in [0.4, 0.5) is 14.6 Å². The van der Waals surface area contributed by atoms with Crippen LogP contribution < -0.4 is 5.73 Å². The highest BCUT2D eigenvalue weighted by molar-refractivity contribution is 5.62.